The quantitative estimate of drug-likeness (QED) is 0.0237. The highest BCUT2D eigenvalue weighted by Crippen LogP contribution is 2.43. The van der Waals surface area contributed by atoms with Crippen LogP contribution in [0.5, 0.6) is 0 Å². The molecule has 10 nitrogen and oxygen atoms in total. The van der Waals surface area contributed by atoms with E-state index < -0.39 is 51.8 Å². The van der Waals surface area contributed by atoms with Crippen LogP contribution >= 0.6 is 7.82 Å². The Bertz CT molecular complexity index is 999. The molecule has 0 aliphatic heterocycles. The number of allylic oxidation sites excluding steroid dienone is 6. The number of rotatable bonds is 40. The molecular formula is C43H79O10P. The summed E-state index contributed by atoms with van der Waals surface area (Å²) in [7, 11) is -4.62. The number of ether oxygens (including phenoxy) is 2. The van der Waals surface area contributed by atoms with E-state index in [1.807, 2.05) is 0 Å². The van der Waals surface area contributed by atoms with Gasteiger partial charge in [0.1, 0.15) is 12.7 Å². The van der Waals surface area contributed by atoms with Crippen LogP contribution in [0.2, 0.25) is 0 Å². The predicted octanol–water partition coefficient (Wildman–Crippen LogP) is 11.2. The number of unbranched alkanes of at least 4 members (excludes halogenated alkanes) is 20. The molecule has 3 N–H and O–H groups in total. The van der Waals surface area contributed by atoms with Crippen LogP contribution < -0.4 is 0 Å². The first-order valence-electron chi connectivity index (χ1n) is 21.4. The number of phosphoric acid groups is 1. The SMILES string of the molecule is CC/C=C\C/C=C\C/C=C\CCCCCC(=O)OC(COC(=O)CCCCCCCCCCCCCCCCCCCC)COP(=O)(O)OCC(O)CO. The smallest absolute Gasteiger partial charge is 0.462 e. The van der Waals surface area contributed by atoms with Gasteiger partial charge in [0.25, 0.3) is 0 Å². The van der Waals surface area contributed by atoms with Crippen LogP contribution in [0.3, 0.4) is 0 Å². The summed E-state index contributed by atoms with van der Waals surface area (Å²) < 4.78 is 32.6. The van der Waals surface area contributed by atoms with E-state index in [1.54, 1.807) is 0 Å². The second kappa shape index (κ2) is 39.4. The van der Waals surface area contributed by atoms with Gasteiger partial charge < -0.3 is 24.6 Å². The third-order valence-corrected chi connectivity index (χ3v) is 10.0. The molecule has 0 amide bonds. The van der Waals surface area contributed by atoms with Gasteiger partial charge in [0.2, 0.25) is 0 Å². The van der Waals surface area contributed by atoms with Crippen LogP contribution in [0.25, 0.3) is 0 Å². The Morgan fingerprint density at radius 1 is 0.574 bits per heavy atom. The minimum absolute atomic E-state index is 0.150. The highest BCUT2D eigenvalue weighted by atomic mass is 31.2. The van der Waals surface area contributed by atoms with Crippen molar-refractivity contribution in [2.75, 3.05) is 26.4 Å². The second-order valence-electron chi connectivity index (χ2n) is 14.3. The fourth-order valence-corrected chi connectivity index (χ4v) is 6.56. The summed E-state index contributed by atoms with van der Waals surface area (Å²) in [5.74, 6) is -0.954. The van der Waals surface area contributed by atoms with Crippen LogP contribution in [0.4, 0.5) is 0 Å². The molecule has 54 heavy (non-hydrogen) atoms. The van der Waals surface area contributed by atoms with Crippen molar-refractivity contribution >= 4 is 19.8 Å². The average molecular weight is 787 g/mol. The average Bonchev–Trinajstić information content (AvgIpc) is 3.16. The predicted molar refractivity (Wildman–Crippen MR) is 219 cm³/mol. The largest absolute Gasteiger partial charge is 0.472 e. The number of hydrogen-bond acceptors (Lipinski definition) is 9. The molecular weight excluding hydrogens is 707 g/mol. The van der Waals surface area contributed by atoms with Crippen LogP contribution in [0.15, 0.2) is 36.5 Å². The molecule has 11 heteroatoms. The zero-order valence-electron chi connectivity index (χ0n) is 34.2. The van der Waals surface area contributed by atoms with Gasteiger partial charge in [-0.2, -0.15) is 0 Å². The van der Waals surface area contributed by atoms with Gasteiger partial charge in [-0.25, -0.2) is 4.57 Å². The van der Waals surface area contributed by atoms with Gasteiger partial charge in [-0.15, -0.1) is 0 Å². The Kier molecular flexibility index (Phi) is 38.1. The lowest BCUT2D eigenvalue weighted by atomic mass is 10.0. The normalized spacial score (nSPS) is 14.2. The number of phosphoric ester groups is 1. The van der Waals surface area contributed by atoms with Crippen LogP contribution in [0, 0.1) is 0 Å². The van der Waals surface area contributed by atoms with E-state index >= 15 is 0 Å². The van der Waals surface area contributed by atoms with E-state index in [4.69, 9.17) is 19.1 Å². The minimum Gasteiger partial charge on any atom is -0.462 e. The fourth-order valence-electron chi connectivity index (χ4n) is 5.77. The third-order valence-electron chi connectivity index (χ3n) is 9.06. The maximum absolute atomic E-state index is 12.6. The van der Waals surface area contributed by atoms with Gasteiger partial charge in [-0.05, 0) is 44.9 Å². The summed E-state index contributed by atoms with van der Waals surface area (Å²) in [6.45, 7) is 2.24. The van der Waals surface area contributed by atoms with E-state index in [-0.39, 0.29) is 19.4 Å². The fraction of sp³-hybridized carbons (Fsp3) is 0.814. The van der Waals surface area contributed by atoms with Crippen LogP contribution in [-0.2, 0) is 32.7 Å². The van der Waals surface area contributed by atoms with E-state index in [0.717, 1.165) is 57.8 Å². The molecule has 0 heterocycles. The van der Waals surface area contributed by atoms with Crippen molar-refractivity contribution in [2.45, 2.75) is 199 Å². The first kappa shape index (κ1) is 52.2. The summed E-state index contributed by atoms with van der Waals surface area (Å²) in [5, 5.41) is 18.3. The summed E-state index contributed by atoms with van der Waals surface area (Å²) in [6, 6.07) is 0. The third kappa shape index (κ3) is 38.5. The van der Waals surface area contributed by atoms with Crippen molar-refractivity contribution in [1.29, 1.82) is 0 Å². The van der Waals surface area contributed by atoms with Gasteiger partial charge in [-0.3, -0.25) is 18.6 Å². The van der Waals surface area contributed by atoms with Crippen molar-refractivity contribution in [3.8, 4) is 0 Å². The molecule has 0 bridgehead atoms. The summed E-state index contributed by atoms with van der Waals surface area (Å²) in [5.41, 5.74) is 0. The van der Waals surface area contributed by atoms with E-state index in [9.17, 15) is 24.2 Å². The van der Waals surface area contributed by atoms with Crippen molar-refractivity contribution < 1.29 is 47.8 Å². The molecule has 0 fully saturated rings. The van der Waals surface area contributed by atoms with Gasteiger partial charge in [0.15, 0.2) is 6.10 Å². The molecule has 0 aromatic rings. The maximum Gasteiger partial charge on any atom is 0.472 e. The van der Waals surface area contributed by atoms with Crippen molar-refractivity contribution in [3.05, 3.63) is 36.5 Å². The lowest BCUT2D eigenvalue weighted by Gasteiger charge is -2.20. The van der Waals surface area contributed by atoms with Crippen molar-refractivity contribution in [1.82, 2.24) is 0 Å². The summed E-state index contributed by atoms with van der Waals surface area (Å²) >= 11 is 0. The number of aliphatic hydroxyl groups excluding tert-OH is 2. The molecule has 0 saturated carbocycles. The second-order valence-corrected chi connectivity index (χ2v) is 15.8. The Morgan fingerprint density at radius 3 is 1.54 bits per heavy atom. The van der Waals surface area contributed by atoms with Gasteiger partial charge in [0.05, 0.1) is 19.8 Å². The van der Waals surface area contributed by atoms with Crippen molar-refractivity contribution in [3.63, 3.8) is 0 Å². The minimum atomic E-state index is -4.62. The molecule has 3 atom stereocenters. The highest BCUT2D eigenvalue weighted by Gasteiger charge is 2.27. The standard InChI is InChI=1S/C43H79O10P/c1-3-5-7-9-11-13-15-17-18-19-20-21-23-24-26-28-30-32-34-42(46)50-38-41(39-52-54(48,49)51-37-40(45)36-44)53-43(47)35-33-31-29-27-25-22-16-14-12-10-8-6-4-2/h6,8,12,14,22,25,40-41,44-45H,3-5,7,9-11,13,15-21,23-24,26-39H2,1-2H3,(H,48,49)/b8-6-,14-12-,25-22-. The molecule has 0 aliphatic carbocycles. The lowest BCUT2D eigenvalue weighted by molar-refractivity contribution is -0.161. The lowest BCUT2D eigenvalue weighted by Crippen LogP contribution is -2.29. The molecule has 0 aliphatic rings. The topological polar surface area (TPSA) is 149 Å². The molecule has 316 valence electrons. The first-order chi connectivity index (χ1) is 26.2. The number of carbonyl (C=O) groups is 2. The van der Waals surface area contributed by atoms with Gasteiger partial charge in [-0.1, -0.05) is 166 Å². The molecule has 0 rings (SSSR count). The van der Waals surface area contributed by atoms with Gasteiger partial charge in [0, 0.05) is 12.8 Å². The number of carbonyl (C=O) groups excluding carboxylic acids is 2. The zero-order valence-corrected chi connectivity index (χ0v) is 35.1. The number of aliphatic hydroxyl groups is 2. The Labute approximate surface area is 329 Å². The molecule has 0 spiro atoms. The molecule has 3 unspecified atom stereocenters. The van der Waals surface area contributed by atoms with Gasteiger partial charge >= 0.3 is 19.8 Å². The Morgan fingerprint density at radius 2 is 1.02 bits per heavy atom. The maximum atomic E-state index is 12.6. The molecule has 0 aromatic carbocycles. The monoisotopic (exact) mass is 787 g/mol. The number of hydrogen-bond donors (Lipinski definition) is 3. The Hall–Kier alpha value is -1.81. The molecule has 0 radical (unpaired) electrons. The molecule has 0 aromatic heterocycles. The zero-order chi connectivity index (χ0) is 39.8. The van der Waals surface area contributed by atoms with Crippen molar-refractivity contribution in [2.24, 2.45) is 0 Å². The van der Waals surface area contributed by atoms with E-state index in [2.05, 4.69) is 54.8 Å². The van der Waals surface area contributed by atoms with Crippen LogP contribution in [0.1, 0.15) is 187 Å². The van der Waals surface area contributed by atoms with E-state index in [1.165, 1.54) is 89.9 Å². The van der Waals surface area contributed by atoms with Crippen LogP contribution in [-0.4, -0.2) is 65.7 Å². The number of esters is 2. The molecule has 0 saturated heterocycles. The van der Waals surface area contributed by atoms with E-state index in [0.29, 0.717) is 12.8 Å². The summed E-state index contributed by atoms with van der Waals surface area (Å²) in [6.07, 6.45) is 39.8. The Balaban J connectivity index is 4.28. The first-order valence-corrected chi connectivity index (χ1v) is 22.9. The summed E-state index contributed by atoms with van der Waals surface area (Å²) in [4.78, 5) is 34.9. The highest BCUT2D eigenvalue weighted by molar-refractivity contribution is 7.47.